The Balaban J connectivity index is 1.60. The smallest absolute Gasteiger partial charge is 0.382 e. The highest BCUT2D eigenvalue weighted by molar-refractivity contribution is 5.96. The molecular weight excluding hydrogens is 450 g/mol. The fourth-order valence-electron chi connectivity index (χ4n) is 3.79. The number of benzene rings is 2. The zero-order chi connectivity index (χ0) is 24.5. The van der Waals surface area contributed by atoms with Crippen LogP contribution in [0.25, 0.3) is 16.8 Å². The molecule has 0 fully saturated rings. The van der Waals surface area contributed by atoms with Gasteiger partial charge < -0.3 is 11.1 Å². The van der Waals surface area contributed by atoms with Crippen LogP contribution in [0, 0.1) is 5.82 Å². The van der Waals surface area contributed by atoms with E-state index in [-0.39, 0.29) is 28.6 Å². The summed E-state index contributed by atoms with van der Waals surface area (Å²) in [6.07, 6.45) is -3.05. The maximum atomic E-state index is 14.5. The third kappa shape index (κ3) is 4.57. The van der Waals surface area contributed by atoms with Gasteiger partial charge >= 0.3 is 6.18 Å². The van der Waals surface area contributed by atoms with E-state index < -0.39 is 29.0 Å². The monoisotopic (exact) mass is 471 g/mol. The second-order valence-electron chi connectivity index (χ2n) is 7.90. The van der Waals surface area contributed by atoms with Gasteiger partial charge in [0.1, 0.15) is 17.7 Å². The number of amides is 1. The van der Waals surface area contributed by atoms with Crippen molar-refractivity contribution in [2.24, 2.45) is 0 Å². The molecule has 0 aliphatic rings. The maximum Gasteiger partial charge on any atom is 0.418 e. The van der Waals surface area contributed by atoms with Crippen molar-refractivity contribution in [3.8, 4) is 11.3 Å². The molecule has 6 nitrogen and oxygen atoms in total. The third-order valence-electron chi connectivity index (χ3n) is 5.63. The first-order valence-corrected chi connectivity index (χ1v) is 10.5. The number of nitrogen functional groups attached to an aromatic ring is 1. The summed E-state index contributed by atoms with van der Waals surface area (Å²) in [6.45, 7) is 2.32. The molecule has 2 aromatic heterocycles. The molecule has 1 amide bonds. The van der Waals surface area contributed by atoms with E-state index >= 15 is 0 Å². The van der Waals surface area contributed by atoms with Gasteiger partial charge in [-0.25, -0.2) is 13.9 Å². The number of nitrogens with one attached hydrogen (secondary N) is 1. The van der Waals surface area contributed by atoms with Crippen LogP contribution in [0.3, 0.4) is 0 Å². The topological polar surface area (TPSA) is 85.3 Å². The van der Waals surface area contributed by atoms with E-state index in [2.05, 4.69) is 15.4 Å². The number of hydrogen-bond acceptors (Lipinski definition) is 4. The van der Waals surface area contributed by atoms with Crippen LogP contribution in [0.15, 0.2) is 60.9 Å². The molecule has 0 saturated carbocycles. The van der Waals surface area contributed by atoms with Crippen molar-refractivity contribution in [2.75, 3.05) is 12.3 Å². The van der Waals surface area contributed by atoms with Gasteiger partial charge in [0.2, 0.25) is 0 Å². The first-order chi connectivity index (χ1) is 16.2. The van der Waals surface area contributed by atoms with Gasteiger partial charge in [-0.1, -0.05) is 37.3 Å². The maximum absolute atomic E-state index is 14.5. The summed E-state index contributed by atoms with van der Waals surface area (Å²) in [4.78, 5) is 16.3. The Kier molecular flexibility index (Phi) is 6.23. The van der Waals surface area contributed by atoms with Crippen LogP contribution in [0.2, 0.25) is 0 Å². The van der Waals surface area contributed by atoms with Crippen molar-refractivity contribution in [2.45, 2.75) is 25.4 Å². The van der Waals surface area contributed by atoms with Gasteiger partial charge in [-0.05, 0) is 42.2 Å². The molecular formula is C24H21F4N5O. The van der Waals surface area contributed by atoms with Crippen molar-refractivity contribution in [1.82, 2.24) is 19.9 Å². The molecule has 0 aliphatic carbocycles. The molecule has 0 saturated heterocycles. The Morgan fingerprint density at radius 1 is 1.15 bits per heavy atom. The number of hydrogen-bond donors (Lipinski definition) is 2. The summed E-state index contributed by atoms with van der Waals surface area (Å²) in [6, 6.07) is 14.1. The van der Waals surface area contributed by atoms with Crippen molar-refractivity contribution < 1.29 is 22.4 Å². The van der Waals surface area contributed by atoms with Gasteiger partial charge in [-0.15, -0.1) is 0 Å². The van der Waals surface area contributed by atoms with E-state index in [1.165, 1.54) is 12.1 Å². The van der Waals surface area contributed by atoms with Crippen LogP contribution in [0.5, 0.6) is 0 Å². The van der Waals surface area contributed by atoms with Gasteiger partial charge in [0, 0.05) is 12.1 Å². The number of alkyl halides is 3. The highest BCUT2D eigenvalue weighted by Crippen LogP contribution is 2.38. The second-order valence-corrected chi connectivity index (χ2v) is 7.90. The van der Waals surface area contributed by atoms with Gasteiger partial charge in [-0.2, -0.15) is 18.3 Å². The van der Waals surface area contributed by atoms with E-state index in [1.807, 2.05) is 37.3 Å². The normalized spacial score (nSPS) is 12.6. The minimum atomic E-state index is -4.71. The minimum Gasteiger partial charge on any atom is -0.382 e. The van der Waals surface area contributed by atoms with E-state index in [0.29, 0.717) is 13.0 Å². The number of halogens is 4. The molecule has 3 N–H and O–H groups in total. The molecule has 0 bridgehead atoms. The molecule has 2 aromatic carbocycles. The van der Waals surface area contributed by atoms with E-state index in [0.717, 1.165) is 28.5 Å². The Labute approximate surface area is 192 Å². The van der Waals surface area contributed by atoms with Gasteiger partial charge in [0.15, 0.2) is 5.82 Å². The van der Waals surface area contributed by atoms with Crippen LogP contribution in [0.1, 0.15) is 40.7 Å². The molecule has 4 rings (SSSR count). The lowest BCUT2D eigenvalue weighted by Crippen LogP contribution is -2.26. The summed E-state index contributed by atoms with van der Waals surface area (Å²) in [5.74, 6) is -1.62. The highest BCUT2D eigenvalue weighted by atomic mass is 19.4. The first-order valence-electron chi connectivity index (χ1n) is 10.5. The van der Waals surface area contributed by atoms with Crippen LogP contribution in [0.4, 0.5) is 23.4 Å². The summed E-state index contributed by atoms with van der Waals surface area (Å²) in [7, 11) is 0. The number of fused-ring (bicyclic) bond motifs is 1. The van der Waals surface area contributed by atoms with Gasteiger partial charge in [-0.3, -0.25) is 4.79 Å². The summed E-state index contributed by atoms with van der Waals surface area (Å²) < 4.78 is 56.2. The second kappa shape index (κ2) is 9.12. The number of carbonyl (C=O) groups excluding carboxylic acids is 1. The molecule has 0 radical (unpaired) electrons. The zero-order valence-corrected chi connectivity index (χ0v) is 18.1. The van der Waals surface area contributed by atoms with Crippen molar-refractivity contribution >= 4 is 17.2 Å². The molecule has 2 heterocycles. The van der Waals surface area contributed by atoms with Crippen LogP contribution < -0.4 is 11.1 Å². The average Bonchev–Trinajstić information content (AvgIpc) is 3.21. The zero-order valence-electron chi connectivity index (χ0n) is 18.1. The SMILES string of the molecule is CC(CCNC(=O)c1cc(-c2cc(C(F)(F)F)c3c(N)ncnn23)ccc1F)c1ccccc1. The minimum absolute atomic E-state index is 0.00294. The Morgan fingerprint density at radius 3 is 2.59 bits per heavy atom. The van der Waals surface area contributed by atoms with E-state index in [1.54, 1.807) is 0 Å². The molecule has 0 aliphatic heterocycles. The molecule has 1 atom stereocenters. The molecule has 34 heavy (non-hydrogen) atoms. The fraction of sp³-hybridized carbons (Fsp3) is 0.208. The lowest BCUT2D eigenvalue weighted by atomic mass is 9.98. The van der Waals surface area contributed by atoms with Gasteiger partial charge in [0.05, 0.1) is 16.8 Å². The number of rotatable bonds is 6. The average molecular weight is 471 g/mol. The van der Waals surface area contributed by atoms with Gasteiger partial charge in [0.25, 0.3) is 5.91 Å². The number of nitrogens with two attached hydrogens (primary N) is 1. The van der Waals surface area contributed by atoms with Crippen LogP contribution in [-0.4, -0.2) is 27.0 Å². The third-order valence-corrected chi connectivity index (χ3v) is 5.63. The summed E-state index contributed by atoms with van der Waals surface area (Å²) in [5.41, 5.74) is 5.26. The molecule has 1 unspecified atom stereocenters. The van der Waals surface area contributed by atoms with Crippen molar-refractivity contribution in [3.05, 3.63) is 83.4 Å². The number of carbonyl (C=O) groups is 1. The van der Waals surface area contributed by atoms with Crippen molar-refractivity contribution in [1.29, 1.82) is 0 Å². The fourth-order valence-corrected chi connectivity index (χ4v) is 3.79. The predicted molar refractivity (Wildman–Crippen MR) is 120 cm³/mol. The van der Waals surface area contributed by atoms with E-state index in [9.17, 15) is 22.4 Å². The Hall–Kier alpha value is -3.95. The quantitative estimate of drug-likeness (QED) is 0.385. The number of nitrogens with zero attached hydrogens (tertiary/aromatic N) is 3. The van der Waals surface area contributed by atoms with Crippen LogP contribution in [-0.2, 0) is 6.18 Å². The largest absolute Gasteiger partial charge is 0.418 e. The molecule has 176 valence electrons. The predicted octanol–water partition coefficient (Wildman–Crippen LogP) is 5.06. The number of aromatic nitrogens is 3. The lowest BCUT2D eigenvalue weighted by Gasteiger charge is -2.13. The number of anilines is 1. The Bertz CT molecular complexity index is 1330. The van der Waals surface area contributed by atoms with Crippen LogP contribution >= 0.6 is 0 Å². The summed E-state index contributed by atoms with van der Waals surface area (Å²) >= 11 is 0. The highest BCUT2D eigenvalue weighted by Gasteiger charge is 2.36. The standard InChI is InChI=1S/C24H21F4N5O/c1-14(15-5-3-2-4-6-15)9-10-30-23(34)17-11-16(7-8-19(17)25)20-12-18(24(26,27)28)21-22(29)31-13-32-33(20)21/h2-8,11-14H,9-10H2,1H3,(H,30,34)(H2,29,31,32). The summed E-state index contributed by atoms with van der Waals surface area (Å²) in [5, 5.41) is 6.56. The lowest BCUT2D eigenvalue weighted by molar-refractivity contribution is -0.136. The Morgan fingerprint density at radius 2 is 1.88 bits per heavy atom. The molecule has 4 aromatic rings. The first kappa shape index (κ1) is 23.2. The van der Waals surface area contributed by atoms with E-state index in [4.69, 9.17) is 5.73 Å². The molecule has 10 heteroatoms. The molecule has 0 spiro atoms. The van der Waals surface area contributed by atoms with Crippen molar-refractivity contribution in [3.63, 3.8) is 0 Å².